The van der Waals surface area contributed by atoms with Crippen molar-refractivity contribution in [1.82, 2.24) is 34.9 Å². The van der Waals surface area contributed by atoms with Crippen LogP contribution in [0.2, 0.25) is 0 Å². The van der Waals surface area contributed by atoms with Gasteiger partial charge in [0, 0.05) is 55.1 Å². The van der Waals surface area contributed by atoms with Crippen molar-refractivity contribution in [3.63, 3.8) is 0 Å². The number of nitrogens with one attached hydrogen (secondary N) is 3. The predicted molar refractivity (Wildman–Crippen MR) is 314 cm³/mol. The van der Waals surface area contributed by atoms with Crippen molar-refractivity contribution >= 4 is 62.9 Å². The third-order valence-corrected chi connectivity index (χ3v) is 17.4. The van der Waals surface area contributed by atoms with Crippen LogP contribution in [-0.2, 0) is 60.1 Å². The molecule has 0 saturated carbocycles. The number of aliphatic hydroxyl groups excluding tert-OH is 2. The van der Waals surface area contributed by atoms with Crippen molar-refractivity contribution in [3.8, 4) is 0 Å². The van der Waals surface area contributed by atoms with E-state index in [9.17, 15) is 52.9 Å². The van der Waals surface area contributed by atoms with E-state index in [-0.39, 0.29) is 49.9 Å². The second-order valence-corrected chi connectivity index (χ2v) is 23.8. The molecule has 2 unspecified atom stereocenters. The van der Waals surface area contributed by atoms with Gasteiger partial charge in [-0.05, 0) is 64.4 Å². The highest BCUT2D eigenvalue weighted by atomic mass is 33.1. The molecule has 0 spiro atoms. The average molecular weight is 1280 g/mol. The molecule has 2 heterocycles. The van der Waals surface area contributed by atoms with Crippen LogP contribution in [0.5, 0.6) is 0 Å². The molecule has 0 bridgehead atoms. The quantitative estimate of drug-likeness (QED) is 0.0113. The summed E-state index contributed by atoms with van der Waals surface area (Å²) in [5.74, 6) is 0.595. The molecule has 0 aliphatic carbocycles. The second kappa shape index (κ2) is 49.5. The summed E-state index contributed by atoms with van der Waals surface area (Å²) in [6, 6.07) is 0. The van der Waals surface area contributed by atoms with Gasteiger partial charge in [-0.3, -0.25) is 28.5 Å². The Bertz CT molecular complexity index is 2140. The van der Waals surface area contributed by atoms with Gasteiger partial charge in [0.25, 0.3) is 5.56 Å². The number of rotatable bonds is 42. The first kappa shape index (κ1) is 81.4. The Labute approximate surface area is 489 Å². The van der Waals surface area contributed by atoms with E-state index in [1.165, 1.54) is 92.6 Å². The highest BCUT2D eigenvalue weighted by Crippen LogP contribution is 2.66. The van der Waals surface area contributed by atoms with E-state index in [2.05, 4.69) is 111 Å². The van der Waals surface area contributed by atoms with Crippen molar-refractivity contribution < 1.29 is 89.9 Å². The Kier molecular flexibility index (Phi) is 49.2. The maximum atomic E-state index is 12.5. The Hall–Kier alpha value is -2.62. The molecule has 6 atom stereocenters. The Morgan fingerprint density at radius 3 is 1.66 bits per heavy atom. The maximum Gasteiger partial charge on any atom is 0.490 e. The van der Waals surface area contributed by atoms with Gasteiger partial charge in [-0.15, -0.1) is 0 Å². The summed E-state index contributed by atoms with van der Waals surface area (Å²) < 4.78 is 73.2. The summed E-state index contributed by atoms with van der Waals surface area (Å²) >= 11 is 0. The summed E-state index contributed by atoms with van der Waals surface area (Å²) in [6.07, 6.45) is -3.24. The monoisotopic (exact) mass is 1280 g/mol. The van der Waals surface area contributed by atoms with Crippen LogP contribution in [0.3, 0.4) is 0 Å². The summed E-state index contributed by atoms with van der Waals surface area (Å²) in [6.45, 7) is 32.7. The van der Waals surface area contributed by atoms with E-state index in [1.807, 2.05) is 4.98 Å². The molecule has 36 heteroatoms. The van der Waals surface area contributed by atoms with Crippen LogP contribution in [-0.4, -0.2) is 234 Å². The largest absolute Gasteiger partial charge is 0.490 e. The minimum atomic E-state index is -5.83. The number of azide groups is 1. The lowest BCUT2D eigenvalue weighted by Gasteiger charge is -2.19. The number of aromatic amines is 1. The number of carbonyl (C=O) groups excluding carboxylic acids is 2. The molecule has 0 radical (unpaired) electrons. The molecule has 1 saturated heterocycles. The number of ether oxygens (including phenoxy) is 5. The maximum absolute atomic E-state index is 12.5. The molecule has 480 valence electrons. The number of H-pyrrole nitrogens is 1. The number of amides is 2. The van der Waals surface area contributed by atoms with Crippen LogP contribution >= 0.6 is 45.1 Å². The molecular formula is C46H93N10O21P3S2. The van der Waals surface area contributed by atoms with Gasteiger partial charge < -0.3 is 78.8 Å². The highest BCUT2D eigenvalue weighted by Gasteiger charge is 2.47. The fraction of sp³-hybridized carbons (Fsp3) is 0.826. The lowest BCUT2D eigenvalue weighted by Crippen LogP contribution is -2.38. The molecule has 82 heavy (non-hydrogen) atoms. The van der Waals surface area contributed by atoms with Crippen molar-refractivity contribution in [2.24, 2.45) is 5.11 Å². The van der Waals surface area contributed by atoms with E-state index < -0.39 is 65.9 Å². The van der Waals surface area contributed by atoms with Crippen LogP contribution in [0.25, 0.3) is 16.5 Å². The highest BCUT2D eigenvalue weighted by molar-refractivity contribution is 8.76. The van der Waals surface area contributed by atoms with E-state index in [0.29, 0.717) is 68.9 Å². The van der Waals surface area contributed by atoms with Crippen molar-refractivity contribution in [3.05, 3.63) is 49.1 Å². The topological polar surface area (TPSA) is 418 Å². The lowest BCUT2D eigenvalue weighted by atomic mass is 10.1. The summed E-state index contributed by atoms with van der Waals surface area (Å²) in [4.78, 5) is 97.0. The van der Waals surface area contributed by atoms with Gasteiger partial charge in [-0.25, -0.2) is 18.5 Å². The zero-order valence-electron chi connectivity index (χ0n) is 48.8. The number of aliphatic hydroxyl groups is 2. The standard InChI is InChI=1S/C28H48N7O21P3S2.3C6H15N/c29-34-32-6-9-50-11-13-52-15-14-51-12-10-49-8-3-22(36)31-7-17-61-60-16-4-23(37)30-5-1-2-20-18-35(28(41)33-26(20)40)27-25(39)24(38)21(54-27)19-53-58(45,46)56-59(47,48)55-57(42,43)44;3*1-4-7(5-2)6-3/h1-2,18,21,24-25,27,38-39H,3-17,19H2,(H,30,37)(H,31,36)(H,45,46)(H,47,48)(H,33,40,41)(H2,42,43,44);3*4-6H2,1-3H3/b2-1+;;;/t21-,24-,25-,27-;;;/m1.../s1. The minimum absolute atomic E-state index is 0.0169. The van der Waals surface area contributed by atoms with Crippen molar-refractivity contribution in [1.29, 1.82) is 0 Å². The van der Waals surface area contributed by atoms with Gasteiger partial charge >= 0.3 is 29.2 Å². The molecule has 1 aliphatic heterocycles. The van der Waals surface area contributed by atoms with Crippen LogP contribution in [0.15, 0.2) is 27.0 Å². The second-order valence-electron chi connectivity index (χ2n) is 16.6. The third-order valence-electron chi connectivity index (χ3n) is 11.2. The summed E-state index contributed by atoms with van der Waals surface area (Å²) in [7, 11) is -14.2. The normalized spacial score (nSPS) is 17.4. The molecule has 1 aromatic heterocycles. The fourth-order valence-corrected chi connectivity index (χ4v) is 11.4. The fourth-order valence-electron chi connectivity index (χ4n) is 6.49. The third kappa shape index (κ3) is 42.2. The molecule has 0 aromatic carbocycles. The van der Waals surface area contributed by atoms with Gasteiger partial charge in [0.15, 0.2) is 6.23 Å². The Morgan fingerprint density at radius 2 is 1.18 bits per heavy atom. The van der Waals surface area contributed by atoms with Gasteiger partial charge in [0.05, 0.1) is 65.0 Å². The van der Waals surface area contributed by atoms with Crippen molar-refractivity contribution in [2.45, 2.75) is 99.7 Å². The molecule has 31 nitrogen and oxygen atoms in total. The number of hydrogen-bond donors (Lipinski definition) is 9. The number of phosphoric ester groups is 1. The number of phosphoric acid groups is 3. The van der Waals surface area contributed by atoms with Crippen molar-refractivity contribution in [2.75, 3.05) is 150 Å². The Morgan fingerprint density at radius 1 is 0.707 bits per heavy atom. The number of nitrogens with zero attached hydrogens (tertiary/aromatic N) is 7. The molecular weight excluding hydrogens is 1190 g/mol. The van der Waals surface area contributed by atoms with Crippen LogP contribution in [0.4, 0.5) is 0 Å². The summed E-state index contributed by atoms with van der Waals surface area (Å²) in [5, 5.41) is 29.6. The molecule has 1 aliphatic rings. The average Bonchev–Trinajstić information content (AvgIpc) is 3.99. The van der Waals surface area contributed by atoms with Gasteiger partial charge in [0.2, 0.25) is 11.8 Å². The number of aromatic nitrogens is 2. The van der Waals surface area contributed by atoms with Crippen LogP contribution < -0.4 is 21.9 Å². The first-order valence-corrected chi connectivity index (χ1v) is 34.0. The smallest absolute Gasteiger partial charge is 0.387 e. The SMILES string of the molecule is CCN(CC)CC.CCN(CC)CC.CCN(CC)CC.[N-]=[N+]=NCCOCCOCCOCCOCCC(=O)NCCSSCCC(=O)NC/C=C/c1cn([C@@H]2O[C@H](COP(=O)(O)OP(=O)(O)OP(=O)(O)O)[C@@H](O)[C@H]2O)c(=O)[nH]c1=O. The molecule has 2 amide bonds. The predicted octanol–water partition coefficient (Wildman–Crippen LogP) is 3.33. The molecule has 2 rings (SSSR count). The van der Waals surface area contributed by atoms with Crippen LogP contribution in [0, 0.1) is 0 Å². The zero-order valence-corrected chi connectivity index (χ0v) is 53.1. The number of hydrogen-bond acceptors (Lipinski definition) is 23. The lowest BCUT2D eigenvalue weighted by molar-refractivity contribution is -0.122. The zero-order chi connectivity index (χ0) is 62.4. The summed E-state index contributed by atoms with van der Waals surface area (Å²) in [5.41, 5.74) is 6.05. The number of carbonyl (C=O) groups is 2. The van der Waals surface area contributed by atoms with E-state index >= 15 is 0 Å². The van der Waals surface area contributed by atoms with E-state index in [1.54, 1.807) is 0 Å². The Balaban J connectivity index is 0. The molecule has 1 aromatic rings. The van der Waals surface area contributed by atoms with Crippen LogP contribution in [0.1, 0.15) is 86.9 Å². The van der Waals surface area contributed by atoms with Gasteiger partial charge in [0.1, 0.15) is 18.3 Å². The van der Waals surface area contributed by atoms with E-state index in [4.69, 9.17) is 39.0 Å². The van der Waals surface area contributed by atoms with Gasteiger partial charge in [-0.2, -0.15) is 8.62 Å². The van der Waals surface area contributed by atoms with Gasteiger partial charge in [-0.1, -0.05) is 101 Å². The van der Waals surface area contributed by atoms with E-state index in [0.717, 1.165) is 6.20 Å². The first-order valence-electron chi connectivity index (χ1n) is 27.0. The molecule has 9 N–H and O–H groups in total. The molecule has 1 fully saturated rings. The minimum Gasteiger partial charge on any atom is -0.387 e. The first-order chi connectivity index (χ1) is 38.9.